The fourth-order valence-electron chi connectivity index (χ4n) is 1.82. The minimum Gasteiger partial charge on any atom is -0.481 e. The molecule has 0 aromatic rings. The molecule has 0 aliphatic carbocycles. The molecule has 106 valence electrons. The first-order valence-corrected chi connectivity index (χ1v) is 6.44. The fraction of sp³-hybridized carbons (Fsp3) is 0.846. The lowest BCUT2D eigenvalue weighted by Gasteiger charge is -2.18. The van der Waals surface area contributed by atoms with Crippen molar-refractivity contribution in [3.8, 4) is 0 Å². The molecule has 0 aliphatic rings. The molecule has 0 rings (SSSR count). The number of nitrogens with one attached hydrogen (secondary N) is 1. The molecule has 0 radical (unpaired) electrons. The van der Waals surface area contributed by atoms with Gasteiger partial charge in [0.05, 0.1) is 0 Å². The first kappa shape index (κ1) is 16.9. The average molecular weight is 258 g/mol. The zero-order valence-corrected chi connectivity index (χ0v) is 11.9. The van der Waals surface area contributed by atoms with E-state index in [0.29, 0.717) is 25.4 Å². The maximum Gasteiger partial charge on any atom is 0.303 e. The molecule has 0 aromatic carbocycles. The molecule has 0 spiro atoms. The summed E-state index contributed by atoms with van der Waals surface area (Å²) in [7, 11) is 3.83. The van der Waals surface area contributed by atoms with E-state index < -0.39 is 5.97 Å². The van der Waals surface area contributed by atoms with Gasteiger partial charge in [0.2, 0.25) is 5.91 Å². The van der Waals surface area contributed by atoms with Gasteiger partial charge in [-0.1, -0.05) is 13.8 Å². The second-order valence-corrected chi connectivity index (χ2v) is 5.45. The van der Waals surface area contributed by atoms with Crippen molar-refractivity contribution in [2.45, 2.75) is 33.1 Å². The van der Waals surface area contributed by atoms with Crippen molar-refractivity contribution in [1.82, 2.24) is 10.2 Å². The Kier molecular flexibility index (Phi) is 8.37. The van der Waals surface area contributed by atoms with Gasteiger partial charge in [-0.25, -0.2) is 0 Å². The number of hydrogen-bond donors (Lipinski definition) is 2. The number of carboxylic acid groups (broad SMARTS) is 1. The van der Waals surface area contributed by atoms with Crippen molar-refractivity contribution in [3.63, 3.8) is 0 Å². The van der Waals surface area contributed by atoms with E-state index in [0.717, 1.165) is 6.42 Å². The van der Waals surface area contributed by atoms with Crippen LogP contribution in [0.25, 0.3) is 0 Å². The second-order valence-electron chi connectivity index (χ2n) is 5.45. The zero-order valence-electron chi connectivity index (χ0n) is 11.9. The SMILES string of the molecule is CC(C)C[C@H](CNC(=O)CCN(C)C)CC(=O)O. The van der Waals surface area contributed by atoms with Gasteiger partial charge < -0.3 is 15.3 Å². The molecule has 0 saturated heterocycles. The average Bonchev–Trinajstić information content (AvgIpc) is 2.21. The van der Waals surface area contributed by atoms with Gasteiger partial charge >= 0.3 is 5.97 Å². The molecule has 0 heterocycles. The number of rotatable bonds is 9. The van der Waals surface area contributed by atoms with E-state index in [4.69, 9.17) is 5.11 Å². The summed E-state index contributed by atoms with van der Waals surface area (Å²) >= 11 is 0. The molecule has 1 atom stereocenters. The van der Waals surface area contributed by atoms with Crippen LogP contribution in [-0.2, 0) is 9.59 Å². The molecular weight excluding hydrogens is 232 g/mol. The Bertz CT molecular complexity index is 265. The minimum absolute atomic E-state index is 0.0113. The van der Waals surface area contributed by atoms with Gasteiger partial charge in [0.15, 0.2) is 0 Å². The van der Waals surface area contributed by atoms with Gasteiger partial charge in [0, 0.05) is 25.9 Å². The summed E-state index contributed by atoms with van der Waals surface area (Å²) < 4.78 is 0. The lowest BCUT2D eigenvalue weighted by molar-refractivity contribution is -0.138. The molecule has 5 heteroatoms. The summed E-state index contributed by atoms with van der Waals surface area (Å²) in [5.41, 5.74) is 0. The summed E-state index contributed by atoms with van der Waals surface area (Å²) in [5, 5.41) is 11.6. The normalized spacial score (nSPS) is 12.8. The highest BCUT2D eigenvalue weighted by Gasteiger charge is 2.15. The van der Waals surface area contributed by atoms with Crippen molar-refractivity contribution in [2.24, 2.45) is 11.8 Å². The molecule has 0 bridgehead atoms. The maximum atomic E-state index is 11.5. The summed E-state index contributed by atoms with van der Waals surface area (Å²) in [5.74, 6) is -0.357. The molecule has 0 unspecified atom stereocenters. The highest BCUT2D eigenvalue weighted by atomic mass is 16.4. The van der Waals surface area contributed by atoms with Crippen molar-refractivity contribution in [3.05, 3.63) is 0 Å². The van der Waals surface area contributed by atoms with Crippen molar-refractivity contribution in [1.29, 1.82) is 0 Å². The Labute approximate surface area is 110 Å². The predicted molar refractivity (Wildman–Crippen MR) is 71.4 cm³/mol. The molecular formula is C13H26N2O3. The van der Waals surface area contributed by atoms with E-state index in [1.54, 1.807) is 0 Å². The van der Waals surface area contributed by atoms with Crippen LogP contribution in [-0.4, -0.2) is 49.1 Å². The summed E-state index contributed by atoms with van der Waals surface area (Å²) in [6.07, 6.45) is 1.39. The summed E-state index contributed by atoms with van der Waals surface area (Å²) in [4.78, 5) is 24.2. The van der Waals surface area contributed by atoms with E-state index in [9.17, 15) is 9.59 Å². The number of nitrogens with zero attached hydrogens (tertiary/aromatic N) is 1. The number of aliphatic carboxylic acids is 1. The first-order valence-electron chi connectivity index (χ1n) is 6.44. The Morgan fingerprint density at radius 1 is 1.28 bits per heavy atom. The van der Waals surface area contributed by atoms with Crippen LogP contribution in [0.5, 0.6) is 0 Å². The predicted octanol–water partition coefficient (Wildman–Crippen LogP) is 1.19. The number of amides is 1. The highest BCUT2D eigenvalue weighted by molar-refractivity contribution is 5.76. The number of carbonyl (C=O) groups excluding carboxylic acids is 1. The van der Waals surface area contributed by atoms with Gasteiger partial charge in [-0.15, -0.1) is 0 Å². The van der Waals surface area contributed by atoms with E-state index in [1.807, 2.05) is 19.0 Å². The molecule has 0 saturated carbocycles. The number of carbonyl (C=O) groups is 2. The topological polar surface area (TPSA) is 69.6 Å². The van der Waals surface area contributed by atoms with Crippen LogP contribution in [0.4, 0.5) is 0 Å². The Morgan fingerprint density at radius 3 is 2.33 bits per heavy atom. The second kappa shape index (κ2) is 8.91. The maximum absolute atomic E-state index is 11.5. The molecule has 1 amide bonds. The van der Waals surface area contributed by atoms with Crippen molar-refractivity contribution < 1.29 is 14.7 Å². The molecule has 5 nitrogen and oxygen atoms in total. The zero-order chi connectivity index (χ0) is 14.1. The fourth-order valence-corrected chi connectivity index (χ4v) is 1.82. The lowest BCUT2D eigenvalue weighted by atomic mass is 9.94. The number of hydrogen-bond acceptors (Lipinski definition) is 3. The van der Waals surface area contributed by atoms with Crippen LogP contribution in [0.1, 0.15) is 33.1 Å². The molecule has 0 aromatic heterocycles. The smallest absolute Gasteiger partial charge is 0.303 e. The molecule has 18 heavy (non-hydrogen) atoms. The van der Waals surface area contributed by atoms with Gasteiger partial charge in [-0.05, 0) is 32.4 Å². The van der Waals surface area contributed by atoms with Crippen LogP contribution >= 0.6 is 0 Å². The number of carboxylic acids is 1. The molecule has 0 aliphatic heterocycles. The lowest BCUT2D eigenvalue weighted by Crippen LogP contribution is -2.32. The van der Waals surface area contributed by atoms with E-state index >= 15 is 0 Å². The third-order valence-electron chi connectivity index (χ3n) is 2.64. The van der Waals surface area contributed by atoms with Crippen LogP contribution in [0, 0.1) is 11.8 Å². The van der Waals surface area contributed by atoms with Crippen LogP contribution < -0.4 is 5.32 Å². The van der Waals surface area contributed by atoms with E-state index in [-0.39, 0.29) is 18.2 Å². The third-order valence-corrected chi connectivity index (χ3v) is 2.64. The van der Waals surface area contributed by atoms with E-state index in [1.165, 1.54) is 0 Å². The van der Waals surface area contributed by atoms with Crippen molar-refractivity contribution in [2.75, 3.05) is 27.2 Å². The van der Waals surface area contributed by atoms with Crippen LogP contribution in [0.15, 0.2) is 0 Å². The van der Waals surface area contributed by atoms with Crippen LogP contribution in [0.2, 0.25) is 0 Å². The van der Waals surface area contributed by atoms with Gasteiger partial charge in [0.25, 0.3) is 0 Å². The third kappa shape index (κ3) is 10.1. The monoisotopic (exact) mass is 258 g/mol. The minimum atomic E-state index is -0.803. The Balaban J connectivity index is 4.00. The quantitative estimate of drug-likeness (QED) is 0.652. The van der Waals surface area contributed by atoms with Crippen molar-refractivity contribution >= 4 is 11.9 Å². The molecule has 0 fully saturated rings. The van der Waals surface area contributed by atoms with Gasteiger partial charge in [0.1, 0.15) is 0 Å². The van der Waals surface area contributed by atoms with Gasteiger partial charge in [-0.3, -0.25) is 9.59 Å². The standard InChI is InChI=1S/C13H26N2O3/c1-10(2)7-11(8-13(17)18)9-14-12(16)5-6-15(3)4/h10-11H,5-9H2,1-4H3,(H,14,16)(H,17,18)/t11-/m0/s1. The summed E-state index contributed by atoms with van der Waals surface area (Å²) in [6, 6.07) is 0. The molecule has 2 N–H and O–H groups in total. The Hall–Kier alpha value is -1.10. The Morgan fingerprint density at radius 2 is 1.89 bits per heavy atom. The van der Waals surface area contributed by atoms with Crippen LogP contribution in [0.3, 0.4) is 0 Å². The first-order chi connectivity index (χ1) is 8.31. The van der Waals surface area contributed by atoms with E-state index in [2.05, 4.69) is 19.2 Å². The largest absolute Gasteiger partial charge is 0.481 e. The highest BCUT2D eigenvalue weighted by Crippen LogP contribution is 2.14. The van der Waals surface area contributed by atoms with Gasteiger partial charge in [-0.2, -0.15) is 0 Å². The summed E-state index contributed by atoms with van der Waals surface area (Å²) in [6.45, 7) is 5.28.